The maximum Gasteiger partial charge on any atom is 0.185 e. The minimum Gasteiger partial charge on any atom is -0.336 e. The van der Waals surface area contributed by atoms with Crippen LogP contribution in [-0.4, -0.2) is 10.4 Å². The molecule has 170 valence electrons. The molecule has 0 atom stereocenters. The van der Waals surface area contributed by atoms with E-state index in [1.807, 2.05) is 66.7 Å². The smallest absolute Gasteiger partial charge is 0.185 e. The number of aromatic nitrogens is 1. The number of rotatable bonds is 7. The van der Waals surface area contributed by atoms with Crippen molar-refractivity contribution in [3.05, 3.63) is 139 Å². The fraction of sp³-hybridized carbons (Fsp3) is 0.0606. The van der Waals surface area contributed by atoms with Crippen molar-refractivity contribution in [2.24, 2.45) is 0 Å². The van der Waals surface area contributed by atoms with Gasteiger partial charge in [0, 0.05) is 28.6 Å². The molecule has 4 aromatic carbocycles. The molecule has 0 N–H and O–H groups in total. The summed E-state index contributed by atoms with van der Waals surface area (Å²) in [5.74, 6) is -0.0139. The molecule has 0 saturated carbocycles. The largest absolute Gasteiger partial charge is 0.336 e. The van der Waals surface area contributed by atoms with Gasteiger partial charge in [0.2, 0.25) is 0 Å². The molecule has 1 aromatic heterocycles. The van der Waals surface area contributed by atoms with Crippen molar-refractivity contribution < 1.29 is 4.79 Å². The maximum atomic E-state index is 13.1. The first-order valence-electron chi connectivity index (χ1n) is 11.8. The van der Waals surface area contributed by atoms with E-state index in [4.69, 9.17) is 0 Å². The second-order valence-electron chi connectivity index (χ2n) is 8.69. The van der Waals surface area contributed by atoms with Crippen LogP contribution in [0.3, 0.4) is 0 Å². The Bertz CT molecular complexity index is 1520. The summed E-state index contributed by atoms with van der Waals surface area (Å²) in [6.07, 6.45) is 5.57. The highest BCUT2D eigenvalue weighted by Crippen LogP contribution is 2.35. The third-order valence-corrected chi connectivity index (χ3v) is 6.32. The van der Waals surface area contributed by atoms with Crippen LogP contribution in [0.1, 0.15) is 21.5 Å². The molecule has 0 aliphatic carbocycles. The number of carbonyl (C=O) groups is 1. The molecule has 0 radical (unpaired) electrons. The van der Waals surface area contributed by atoms with E-state index in [2.05, 4.69) is 66.6 Å². The van der Waals surface area contributed by atoms with Gasteiger partial charge in [-0.15, -0.1) is 6.58 Å². The highest BCUT2D eigenvalue weighted by atomic mass is 16.1. The number of carbonyl (C=O) groups excluding carboxylic acids is 1. The number of hydrogen-bond donors (Lipinski definition) is 0. The molecule has 0 unspecified atom stereocenters. The van der Waals surface area contributed by atoms with Gasteiger partial charge in [-0.25, -0.2) is 0 Å². The number of aryl methyl sites for hydroxylation is 1. The van der Waals surface area contributed by atoms with E-state index < -0.39 is 0 Å². The van der Waals surface area contributed by atoms with E-state index in [-0.39, 0.29) is 5.78 Å². The zero-order valence-electron chi connectivity index (χ0n) is 19.8. The number of allylic oxidation sites excluding steroid dienone is 2. The van der Waals surface area contributed by atoms with Gasteiger partial charge in [-0.2, -0.15) is 0 Å². The van der Waals surface area contributed by atoms with Gasteiger partial charge >= 0.3 is 0 Å². The van der Waals surface area contributed by atoms with Crippen molar-refractivity contribution in [3.63, 3.8) is 0 Å². The first-order valence-corrected chi connectivity index (χ1v) is 11.8. The highest BCUT2D eigenvalue weighted by Gasteiger charge is 2.16. The van der Waals surface area contributed by atoms with Crippen LogP contribution in [-0.2, 0) is 6.54 Å². The van der Waals surface area contributed by atoms with Crippen LogP contribution in [0.25, 0.3) is 39.4 Å². The predicted molar refractivity (Wildman–Crippen MR) is 148 cm³/mol. The predicted octanol–water partition coefficient (Wildman–Crippen LogP) is 8.37. The lowest BCUT2D eigenvalue weighted by Gasteiger charge is -2.10. The van der Waals surface area contributed by atoms with Crippen molar-refractivity contribution >= 4 is 22.8 Å². The van der Waals surface area contributed by atoms with Gasteiger partial charge in [-0.05, 0) is 41.8 Å². The first kappa shape index (κ1) is 22.4. The van der Waals surface area contributed by atoms with Gasteiger partial charge in [-0.1, -0.05) is 109 Å². The quantitative estimate of drug-likeness (QED) is 0.138. The Balaban J connectivity index is 1.55. The van der Waals surface area contributed by atoms with Crippen LogP contribution < -0.4 is 0 Å². The summed E-state index contributed by atoms with van der Waals surface area (Å²) in [6, 6.07) is 34.9. The molecule has 0 fully saturated rings. The third-order valence-electron chi connectivity index (χ3n) is 6.32. The van der Waals surface area contributed by atoms with E-state index >= 15 is 0 Å². The maximum absolute atomic E-state index is 13.1. The Labute approximate surface area is 206 Å². The van der Waals surface area contributed by atoms with Gasteiger partial charge < -0.3 is 4.57 Å². The molecule has 0 aliphatic heterocycles. The molecule has 0 spiro atoms. The minimum absolute atomic E-state index is 0.0139. The SMILES string of the molecule is C=CCn1c(-c2ccc(C)cc2)c(/C=C/C(=O)c2ccc(-c3ccccc3)cc2)c2ccccc21. The monoisotopic (exact) mass is 453 g/mol. The highest BCUT2D eigenvalue weighted by molar-refractivity contribution is 6.09. The lowest BCUT2D eigenvalue weighted by molar-refractivity contribution is 0.104. The van der Waals surface area contributed by atoms with Crippen LogP contribution >= 0.6 is 0 Å². The van der Waals surface area contributed by atoms with Crippen LogP contribution in [0.4, 0.5) is 0 Å². The van der Waals surface area contributed by atoms with Gasteiger partial charge in [-0.3, -0.25) is 4.79 Å². The van der Waals surface area contributed by atoms with Crippen LogP contribution in [0.2, 0.25) is 0 Å². The second kappa shape index (κ2) is 9.82. The van der Waals surface area contributed by atoms with Crippen LogP contribution in [0.5, 0.6) is 0 Å². The van der Waals surface area contributed by atoms with Gasteiger partial charge in [0.25, 0.3) is 0 Å². The van der Waals surface area contributed by atoms with Gasteiger partial charge in [0.1, 0.15) is 0 Å². The lowest BCUT2D eigenvalue weighted by Crippen LogP contribution is -1.98. The Hall–Kier alpha value is -4.43. The molecule has 0 bridgehead atoms. The molecule has 35 heavy (non-hydrogen) atoms. The Kier molecular flexibility index (Phi) is 6.28. The number of benzene rings is 4. The minimum atomic E-state index is -0.0139. The second-order valence-corrected chi connectivity index (χ2v) is 8.69. The average Bonchev–Trinajstić information content (AvgIpc) is 3.22. The molecular formula is C33H27NO. The fourth-order valence-electron chi connectivity index (χ4n) is 4.55. The van der Waals surface area contributed by atoms with E-state index in [9.17, 15) is 4.79 Å². The van der Waals surface area contributed by atoms with E-state index in [0.717, 1.165) is 38.9 Å². The van der Waals surface area contributed by atoms with Gasteiger partial charge in [0.15, 0.2) is 5.78 Å². The number of nitrogens with zero attached hydrogens (tertiary/aromatic N) is 1. The zero-order valence-corrected chi connectivity index (χ0v) is 19.8. The van der Waals surface area contributed by atoms with Crippen molar-refractivity contribution in [2.45, 2.75) is 13.5 Å². The van der Waals surface area contributed by atoms with E-state index in [1.165, 1.54) is 5.56 Å². The summed E-state index contributed by atoms with van der Waals surface area (Å²) in [6.45, 7) is 6.75. The normalized spacial score (nSPS) is 11.2. The molecule has 1 heterocycles. The van der Waals surface area contributed by atoms with Crippen molar-refractivity contribution in [2.75, 3.05) is 0 Å². The summed E-state index contributed by atoms with van der Waals surface area (Å²) in [4.78, 5) is 13.1. The summed E-state index contributed by atoms with van der Waals surface area (Å²) in [7, 11) is 0. The number of para-hydroxylation sites is 1. The molecule has 0 saturated heterocycles. The average molecular weight is 454 g/mol. The summed E-state index contributed by atoms with van der Waals surface area (Å²) < 4.78 is 2.27. The molecule has 2 heteroatoms. The topological polar surface area (TPSA) is 22.0 Å². The summed E-state index contributed by atoms with van der Waals surface area (Å²) in [5, 5.41) is 1.12. The van der Waals surface area contributed by atoms with Gasteiger partial charge in [0.05, 0.1) is 5.69 Å². The van der Waals surface area contributed by atoms with Crippen molar-refractivity contribution in [1.29, 1.82) is 0 Å². The summed E-state index contributed by atoms with van der Waals surface area (Å²) >= 11 is 0. The van der Waals surface area contributed by atoms with Crippen LogP contribution in [0, 0.1) is 6.92 Å². The molecular weight excluding hydrogens is 426 g/mol. The van der Waals surface area contributed by atoms with Crippen LogP contribution in [0.15, 0.2) is 122 Å². The molecule has 0 aliphatic rings. The van der Waals surface area contributed by atoms with Crippen molar-refractivity contribution in [3.8, 4) is 22.4 Å². The lowest BCUT2D eigenvalue weighted by atomic mass is 10.0. The fourth-order valence-corrected chi connectivity index (χ4v) is 4.55. The van der Waals surface area contributed by atoms with E-state index in [1.54, 1.807) is 6.08 Å². The Morgan fingerprint density at radius 2 is 1.40 bits per heavy atom. The standard InChI is InChI=1S/C33H27NO/c1-3-23-34-31-12-8-7-11-29(31)30(33(34)28-15-13-24(2)14-16-28)21-22-32(35)27-19-17-26(18-20-27)25-9-5-4-6-10-25/h3-22H,1,23H2,2H3/b22-21+. The summed E-state index contributed by atoms with van der Waals surface area (Å²) in [5.41, 5.74) is 8.50. The Morgan fingerprint density at radius 1 is 0.771 bits per heavy atom. The zero-order chi connectivity index (χ0) is 24.2. The first-order chi connectivity index (χ1) is 17.2. The molecule has 5 rings (SSSR count). The Morgan fingerprint density at radius 3 is 2.11 bits per heavy atom. The molecule has 5 aromatic rings. The van der Waals surface area contributed by atoms with Crippen molar-refractivity contribution in [1.82, 2.24) is 4.57 Å². The molecule has 0 amide bonds. The number of fused-ring (bicyclic) bond motifs is 1. The third kappa shape index (κ3) is 4.51. The number of hydrogen-bond acceptors (Lipinski definition) is 1. The molecule has 2 nitrogen and oxygen atoms in total. The van der Waals surface area contributed by atoms with E-state index in [0.29, 0.717) is 12.1 Å². The number of ketones is 1.